The van der Waals surface area contributed by atoms with E-state index in [1.807, 2.05) is 69.3 Å². The Morgan fingerprint density at radius 3 is 2.52 bits per heavy atom. The van der Waals surface area contributed by atoms with Crippen molar-refractivity contribution in [2.24, 2.45) is 0 Å². The van der Waals surface area contributed by atoms with Gasteiger partial charge < -0.3 is 20.4 Å². The highest BCUT2D eigenvalue weighted by Gasteiger charge is 2.17. The minimum atomic E-state index is -0.526. The van der Waals surface area contributed by atoms with Crippen molar-refractivity contribution in [2.45, 2.75) is 32.8 Å². The number of hydrogen-bond acceptors (Lipinski definition) is 6. The highest BCUT2D eigenvalue weighted by Crippen LogP contribution is 2.30. The van der Waals surface area contributed by atoms with Crippen LogP contribution in [0.15, 0.2) is 48.5 Å². The number of H-pyrrole nitrogens is 1. The molecule has 2 aromatic carbocycles. The number of aromatic nitrogens is 3. The number of aldehydes is 1. The molecule has 2 heterocycles. The second kappa shape index (κ2) is 9.28. The summed E-state index contributed by atoms with van der Waals surface area (Å²) in [6.07, 6.45) is 1.08. The molecule has 1 amide bonds. The molecule has 0 bridgehead atoms. The monoisotopic (exact) mass is 445 g/mol. The first-order valence-electron chi connectivity index (χ1n) is 10.9. The summed E-state index contributed by atoms with van der Waals surface area (Å²) >= 11 is 0. The lowest BCUT2D eigenvalue weighted by Crippen LogP contribution is -2.33. The lowest BCUT2D eigenvalue weighted by molar-refractivity contribution is 0.0527. The third-order valence-corrected chi connectivity index (χ3v) is 5.01. The number of nitrogens with one attached hydrogen (secondary N) is 3. The summed E-state index contributed by atoms with van der Waals surface area (Å²) in [4.78, 5) is 36.4. The number of carbonyl (C=O) groups is 2. The molecule has 2 aromatic heterocycles. The average molecular weight is 446 g/mol. The van der Waals surface area contributed by atoms with Gasteiger partial charge in [-0.05, 0) is 45.4 Å². The number of nitrogens with zero attached hydrogens (tertiary/aromatic N) is 2. The van der Waals surface area contributed by atoms with Crippen LogP contribution in [0.1, 0.15) is 37.6 Å². The van der Waals surface area contributed by atoms with E-state index in [2.05, 4.69) is 15.6 Å². The van der Waals surface area contributed by atoms with Crippen molar-refractivity contribution < 1.29 is 14.3 Å². The molecule has 0 saturated carbocycles. The fourth-order valence-corrected chi connectivity index (χ4v) is 3.59. The Morgan fingerprint density at radius 2 is 1.76 bits per heavy atom. The zero-order valence-electron chi connectivity index (χ0n) is 18.9. The number of para-hydroxylation sites is 2. The van der Waals surface area contributed by atoms with E-state index in [4.69, 9.17) is 14.7 Å². The Labute approximate surface area is 191 Å². The quantitative estimate of drug-likeness (QED) is 0.275. The van der Waals surface area contributed by atoms with Crippen molar-refractivity contribution >= 4 is 40.0 Å². The van der Waals surface area contributed by atoms with E-state index >= 15 is 0 Å². The second-order valence-electron chi connectivity index (χ2n) is 8.70. The van der Waals surface area contributed by atoms with Crippen LogP contribution in [0, 0.1) is 0 Å². The van der Waals surface area contributed by atoms with Crippen LogP contribution in [0.5, 0.6) is 0 Å². The van der Waals surface area contributed by atoms with E-state index in [1.54, 1.807) is 0 Å². The molecule has 8 nitrogen and oxygen atoms in total. The predicted molar refractivity (Wildman–Crippen MR) is 130 cm³/mol. The van der Waals surface area contributed by atoms with Gasteiger partial charge in [0.1, 0.15) is 11.4 Å². The summed E-state index contributed by atoms with van der Waals surface area (Å²) in [5.41, 5.74) is 2.23. The molecule has 3 N–H and O–H groups in total. The van der Waals surface area contributed by atoms with Gasteiger partial charge in [-0.2, -0.15) is 0 Å². The van der Waals surface area contributed by atoms with Crippen molar-refractivity contribution in [3.63, 3.8) is 0 Å². The predicted octanol–water partition coefficient (Wildman–Crippen LogP) is 4.92. The molecule has 0 aliphatic rings. The Morgan fingerprint density at radius 1 is 1.03 bits per heavy atom. The molecule has 0 aliphatic heterocycles. The van der Waals surface area contributed by atoms with Gasteiger partial charge in [-0.1, -0.05) is 30.3 Å². The van der Waals surface area contributed by atoms with E-state index in [0.29, 0.717) is 42.4 Å². The Balaban J connectivity index is 1.55. The maximum atomic E-state index is 11.9. The number of carbonyl (C=O) groups excluding carboxylic acids is 2. The molecule has 170 valence electrons. The molecule has 0 saturated heterocycles. The van der Waals surface area contributed by atoms with Crippen LogP contribution in [-0.4, -0.2) is 46.0 Å². The first-order chi connectivity index (χ1) is 15.9. The summed E-state index contributed by atoms with van der Waals surface area (Å²) in [6, 6.07) is 15.3. The molecule has 0 spiro atoms. The number of fused-ring (bicyclic) bond motifs is 2. The summed E-state index contributed by atoms with van der Waals surface area (Å²) in [6.45, 7) is 6.54. The van der Waals surface area contributed by atoms with Crippen LogP contribution in [-0.2, 0) is 4.74 Å². The lowest BCUT2D eigenvalue weighted by Gasteiger charge is -2.19. The average Bonchev–Trinajstić information content (AvgIpc) is 3.16. The SMILES string of the molecule is CC(C)(C)OC(=O)NCCCNc1nc(-c2[nH]c3ccccc3c2C=O)nc2ccccc12. The first-order valence-corrected chi connectivity index (χ1v) is 10.9. The zero-order chi connectivity index (χ0) is 23.4. The molecule has 33 heavy (non-hydrogen) atoms. The summed E-state index contributed by atoms with van der Waals surface area (Å²) in [5, 5.41) is 7.81. The third-order valence-electron chi connectivity index (χ3n) is 5.01. The molecule has 4 rings (SSSR count). The number of alkyl carbamates (subject to hydrolysis) is 1. The van der Waals surface area contributed by atoms with Gasteiger partial charge in [0.25, 0.3) is 0 Å². The van der Waals surface area contributed by atoms with Crippen LogP contribution in [0.25, 0.3) is 33.3 Å². The van der Waals surface area contributed by atoms with Gasteiger partial charge in [0.15, 0.2) is 12.1 Å². The highest BCUT2D eigenvalue weighted by atomic mass is 16.6. The molecular weight excluding hydrogens is 418 g/mol. The van der Waals surface area contributed by atoms with E-state index in [0.717, 1.165) is 28.1 Å². The van der Waals surface area contributed by atoms with E-state index in [-0.39, 0.29) is 0 Å². The van der Waals surface area contributed by atoms with Crippen LogP contribution in [0.3, 0.4) is 0 Å². The number of hydrogen-bond donors (Lipinski definition) is 3. The molecule has 0 fully saturated rings. The van der Waals surface area contributed by atoms with Gasteiger partial charge >= 0.3 is 6.09 Å². The minimum Gasteiger partial charge on any atom is -0.444 e. The largest absolute Gasteiger partial charge is 0.444 e. The van der Waals surface area contributed by atoms with Gasteiger partial charge in [0, 0.05) is 29.4 Å². The van der Waals surface area contributed by atoms with Crippen LogP contribution in [0.2, 0.25) is 0 Å². The van der Waals surface area contributed by atoms with Crippen LogP contribution >= 0.6 is 0 Å². The Hall–Kier alpha value is -3.94. The van der Waals surface area contributed by atoms with Gasteiger partial charge in [0.05, 0.1) is 16.8 Å². The lowest BCUT2D eigenvalue weighted by atomic mass is 10.1. The normalized spacial score (nSPS) is 11.5. The Bertz CT molecular complexity index is 1310. The fourth-order valence-electron chi connectivity index (χ4n) is 3.59. The standard InChI is InChI=1S/C25H27N5O3/c1-25(2,3)33-24(32)27-14-8-13-26-22-17-10-5-7-12-20(17)29-23(30-22)21-18(15-31)16-9-4-6-11-19(16)28-21/h4-7,9-12,15,28H,8,13-14H2,1-3H3,(H,27,32)(H,26,29,30). The smallest absolute Gasteiger partial charge is 0.407 e. The van der Waals surface area contributed by atoms with Gasteiger partial charge in [-0.3, -0.25) is 4.79 Å². The Kier molecular flexibility index (Phi) is 6.26. The van der Waals surface area contributed by atoms with Crippen molar-refractivity contribution in [1.82, 2.24) is 20.3 Å². The summed E-state index contributed by atoms with van der Waals surface area (Å²) < 4.78 is 5.25. The van der Waals surface area contributed by atoms with Crippen LogP contribution in [0.4, 0.5) is 10.6 Å². The van der Waals surface area contributed by atoms with E-state index in [9.17, 15) is 9.59 Å². The number of benzene rings is 2. The van der Waals surface area contributed by atoms with Crippen molar-refractivity contribution in [3.05, 3.63) is 54.1 Å². The number of amides is 1. The van der Waals surface area contributed by atoms with Crippen molar-refractivity contribution in [1.29, 1.82) is 0 Å². The second-order valence-corrected chi connectivity index (χ2v) is 8.70. The molecule has 0 atom stereocenters. The summed E-state index contributed by atoms with van der Waals surface area (Å²) in [5.74, 6) is 1.12. The molecular formula is C25H27N5O3. The number of anilines is 1. The molecule has 4 aromatic rings. The minimum absolute atomic E-state index is 0.433. The third kappa shape index (κ3) is 5.11. The number of aromatic amines is 1. The molecule has 0 unspecified atom stereocenters. The van der Waals surface area contributed by atoms with Gasteiger partial charge in [0.2, 0.25) is 0 Å². The topological polar surface area (TPSA) is 109 Å². The van der Waals surface area contributed by atoms with E-state index < -0.39 is 11.7 Å². The maximum Gasteiger partial charge on any atom is 0.407 e. The maximum absolute atomic E-state index is 11.9. The van der Waals surface area contributed by atoms with E-state index in [1.165, 1.54) is 0 Å². The molecule has 0 aliphatic carbocycles. The first kappa shape index (κ1) is 22.3. The van der Waals surface area contributed by atoms with Crippen molar-refractivity contribution in [3.8, 4) is 11.5 Å². The number of rotatable bonds is 7. The molecule has 8 heteroatoms. The highest BCUT2D eigenvalue weighted by molar-refractivity contribution is 6.04. The molecule has 0 radical (unpaired) electrons. The zero-order valence-corrected chi connectivity index (χ0v) is 18.9. The van der Waals surface area contributed by atoms with Crippen LogP contribution < -0.4 is 10.6 Å². The van der Waals surface area contributed by atoms with Gasteiger partial charge in [-0.25, -0.2) is 14.8 Å². The van der Waals surface area contributed by atoms with Gasteiger partial charge in [-0.15, -0.1) is 0 Å². The van der Waals surface area contributed by atoms with Crippen molar-refractivity contribution in [2.75, 3.05) is 18.4 Å². The fraction of sp³-hybridized carbons (Fsp3) is 0.280. The summed E-state index contributed by atoms with van der Waals surface area (Å²) in [7, 11) is 0. The number of ether oxygens (including phenoxy) is 1.